The van der Waals surface area contributed by atoms with E-state index in [9.17, 15) is 9.59 Å². The van der Waals surface area contributed by atoms with Crippen LogP contribution in [-0.4, -0.2) is 17.9 Å². The Morgan fingerprint density at radius 2 is 1.61 bits per heavy atom. The first-order chi connectivity index (χ1) is 11.0. The maximum atomic E-state index is 12.1. The van der Waals surface area contributed by atoms with Crippen molar-refractivity contribution in [1.29, 1.82) is 0 Å². The molecule has 0 saturated carbocycles. The molecule has 0 fully saturated rings. The molecule has 23 heavy (non-hydrogen) atoms. The predicted octanol–water partition coefficient (Wildman–Crippen LogP) is 3.27. The SMILES string of the molecule is CC[C@H](Nc1ccc(NC(=O)c2ccc(Cl)cc2)cc1)C(N)=O. The van der Waals surface area contributed by atoms with E-state index in [1.54, 1.807) is 48.5 Å². The molecule has 0 bridgehead atoms. The van der Waals surface area contributed by atoms with Gasteiger partial charge < -0.3 is 16.4 Å². The van der Waals surface area contributed by atoms with Crippen molar-refractivity contribution in [3.8, 4) is 0 Å². The Balaban J connectivity index is 2.00. The van der Waals surface area contributed by atoms with E-state index in [1.807, 2.05) is 6.92 Å². The zero-order valence-electron chi connectivity index (χ0n) is 12.7. The van der Waals surface area contributed by atoms with Crippen LogP contribution in [0.1, 0.15) is 23.7 Å². The number of hydrogen-bond donors (Lipinski definition) is 3. The summed E-state index contributed by atoms with van der Waals surface area (Å²) in [6.07, 6.45) is 0.602. The summed E-state index contributed by atoms with van der Waals surface area (Å²) in [4.78, 5) is 23.3. The number of anilines is 2. The van der Waals surface area contributed by atoms with E-state index in [-0.39, 0.29) is 5.91 Å². The molecule has 2 aromatic rings. The lowest BCUT2D eigenvalue weighted by Crippen LogP contribution is -2.34. The number of carbonyl (C=O) groups is 2. The first kappa shape index (κ1) is 16.8. The van der Waals surface area contributed by atoms with Crippen LogP contribution in [0.25, 0.3) is 0 Å². The fraction of sp³-hybridized carbons (Fsp3) is 0.176. The highest BCUT2D eigenvalue weighted by Crippen LogP contribution is 2.17. The van der Waals surface area contributed by atoms with Crippen LogP contribution >= 0.6 is 11.6 Å². The van der Waals surface area contributed by atoms with Crippen LogP contribution in [0.2, 0.25) is 5.02 Å². The first-order valence-electron chi connectivity index (χ1n) is 7.22. The summed E-state index contributed by atoms with van der Waals surface area (Å²) >= 11 is 5.80. The van der Waals surface area contributed by atoms with Gasteiger partial charge in [-0.1, -0.05) is 18.5 Å². The first-order valence-corrected chi connectivity index (χ1v) is 7.60. The Hall–Kier alpha value is -2.53. The number of rotatable bonds is 6. The lowest BCUT2D eigenvalue weighted by molar-refractivity contribution is -0.118. The average Bonchev–Trinajstić information content (AvgIpc) is 2.54. The van der Waals surface area contributed by atoms with Crippen LogP contribution in [0.3, 0.4) is 0 Å². The third kappa shape index (κ3) is 4.72. The van der Waals surface area contributed by atoms with Gasteiger partial charge >= 0.3 is 0 Å². The zero-order valence-corrected chi connectivity index (χ0v) is 13.4. The maximum Gasteiger partial charge on any atom is 0.255 e. The minimum atomic E-state index is -0.412. The minimum Gasteiger partial charge on any atom is -0.374 e. The number of halogens is 1. The largest absolute Gasteiger partial charge is 0.374 e. The van der Waals surface area contributed by atoms with Crippen LogP contribution in [0, 0.1) is 0 Å². The van der Waals surface area contributed by atoms with Gasteiger partial charge in [0.1, 0.15) is 6.04 Å². The highest BCUT2D eigenvalue weighted by atomic mass is 35.5. The van der Waals surface area contributed by atoms with Crippen molar-refractivity contribution in [3.05, 3.63) is 59.1 Å². The van der Waals surface area contributed by atoms with E-state index in [4.69, 9.17) is 17.3 Å². The van der Waals surface area contributed by atoms with E-state index in [0.29, 0.717) is 22.7 Å². The highest BCUT2D eigenvalue weighted by Gasteiger charge is 2.12. The average molecular weight is 332 g/mol. The number of nitrogens with one attached hydrogen (secondary N) is 2. The Morgan fingerprint density at radius 3 is 2.13 bits per heavy atom. The summed E-state index contributed by atoms with van der Waals surface area (Å²) in [5.74, 6) is -0.612. The number of nitrogens with two attached hydrogens (primary N) is 1. The van der Waals surface area contributed by atoms with Crippen molar-refractivity contribution in [2.45, 2.75) is 19.4 Å². The topological polar surface area (TPSA) is 84.2 Å². The molecule has 2 rings (SSSR count). The van der Waals surface area contributed by atoms with E-state index < -0.39 is 11.9 Å². The normalized spacial score (nSPS) is 11.6. The molecule has 120 valence electrons. The van der Waals surface area contributed by atoms with E-state index in [2.05, 4.69) is 10.6 Å². The second-order valence-electron chi connectivity index (χ2n) is 5.05. The van der Waals surface area contributed by atoms with Gasteiger partial charge in [0.2, 0.25) is 5.91 Å². The van der Waals surface area contributed by atoms with Crippen LogP contribution in [0.15, 0.2) is 48.5 Å². The van der Waals surface area contributed by atoms with E-state index in [0.717, 1.165) is 5.69 Å². The summed E-state index contributed by atoms with van der Waals surface area (Å²) in [5.41, 5.74) is 7.24. The maximum absolute atomic E-state index is 12.1. The molecule has 5 nitrogen and oxygen atoms in total. The molecule has 0 spiro atoms. The third-order valence-corrected chi connectivity index (χ3v) is 3.59. The van der Waals surface area contributed by atoms with Gasteiger partial charge in [0.05, 0.1) is 0 Å². The molecule has 2 aromatic carbocycles. The van der Waals surface area contributed by atoms with Gasteiger partial charge in [-0.05, 0) is 55.0 Å². The van der Waals surface area contributed by atoms with Crippen molar-refractivity contribution in [1.82, 2.24) is 0 Å². The van der Waals surface area contributed by atoms with E-state index in [1.165, 1.54) is 0 Å². The molecule has 0 aliphatic rings. The van der Waals surface area contributed by atoms with Crippen LogP contribution in [0.5, 0.6) is 0 Å². The highest BCUT2D eigenvalue weighted by molar-refractivity contribution is 6.30. The molecule has 0 saturated heterocycles. The summed E-state index contributed by atoms with van der Waals surface area (Å²) in [6, 6.07) is 13.3. The Bertz CT molecular complexity index is 684. The Morgan fingerprint density at radius 1 is 1.04 bits per heavy atom. The number of hydrogen-bond acceptors (Lipinski definition) is 3. The molecule has 0 aliphatic heterocycles. The van der Waals surface area contributed by atoms with Crippen molar-refractivity contribution in [2.75, 3.05) is 10.6 Å². The van der Waals surface area contributed by atoms with Gasteiger partial charge in [0.15, 0.2) is 0 Å². The molecule has 2 amide bonds. The van der Waals surface area contributed by atoms with Crippen LogP contribution in [-0.2, 0) is 4.79 Å². The summed E-state index contributed by atoms with van der Waals surface area (Å²) in [7, 11) is 0. The Kier molecular flexibility index (Phi) is 5.60. The molecule has 1 atom stereocenters. The van der Waals surface area contributed by atoms with Crippen LogP contribution in [0.4, 0.5) is 11.4 Å². The van der Waals surface area contributed by atoms with Gasteiger partial charge in [-0.3, -0.25) is 9.59 Å². The number of benzene rings is 2. The standard InChI is InChI=1S/C17H18ClN3O2/c1-2-15(16(19)22)20-13-7-9-14(10-8-13)21-17(23)11-3-5-12(18)6-4-11/h3-10,15,20H,2H2,1H3,(H2,19,22)(H,21,23)/t15-/m0/s1. The van der Waals surface area contributed by atoms with Gasteiger partial charge in [-0.15, -0.1) is 0 Å². The lowest BCUT2D eigenvalue weighted by Gasteiger charge is -2.15. The molecule has 0 radical (unpaired) electrons. The molecule has 0 aromatic heterocycles. The quantitative estimate of drug-likeness (QED) is 0.759. The Labute approximate surface area is 139 Å². The monoisotopic (exact) mass is 331 g/mol. The summed E-state index contributed by atoms with van der Waals surface area (Å²) < 4.78 is 0. The van der Waals surface area contributed by atoms with E-state index >= 15 is 0 Å². The van der Waals surface area contributed by atoms with Gasteiger partial charge in [0, 0.05) is 22.0 Å². The van der Waals surface area contributed by atoms with Crippen molar-refractivity contribution in [2.24, 2.45) is 5.73 Å². The number of primary amides is 1. The molecule has 4 N–H and O–H groups in total. The minimum absolute atomic E-state index is 0.217. The predicted molar refractivity (Wildman–Crippen MR) is 92.7 cm³/mol. The molecule has 6 heteroatoms. The fourth-order valence-electron chi connectivity index (χ4n) is 2.03. The van der Waals surface area contributed by atoms with Gasteiger partial charge in [-0.2, -0.15) is 0 Å². The number of carbonyl (C=O) groups excluding carboxylic acids is 2. The van der Waals surface area contributed by atoms with Gasteiger partial charge in [0.25, 0.3) is 5.91 Å². The molecular formula is C17H18ClN3O2. The van der Waals surface area contributed by atoms with Crippen LogP contribution < -0.4 is 16.4 Å². The van der Waals surface area contributed by atoms with Crippen molar-refractivity contribution < 1.29 is 9.59 Å². The fourth-order valence-corrected chi connectivity index (χ4v) is 2.16. The van der Waals surface area contributed by atoms with Crippen molar-refractivity contribution >= 4 is 34.8 Å². The summed E-state index contributed by atoms with van der Waals surface area (Å²) in [6.45, 7) is 1.88. The molecular weight excluding hydrogens is 314 g/mol. The smallest absolute Gasteiger partial charge is 0.255 e. The second kappa shape index (κ2) is 7.65. The molecule has 0 unspecified atom stereocenters. The molecule has 0 heterocycles. The third-order valence-electron chi connectivity index (χ3n) is 3.34. The van der Waals surface area contributed by atoms with Crippen molar-refractivity contribution in [3.63, 3.8) is 0 Å². The van der Waals surface area contributed by atoms with Gasteiger partial charge in [-0.25, -0.2) is 0 Å². The second-order valence-corrected chi connectivity index (χ2v) is 5.48. The number of amides is 2. The molecule has 0 aliphatic carbocycles. The zero-order chi connectivity index (χ0) is 16.8. The summed E-state index contributed by atoms with van der Waals surface area (Å²) in [5, 5.41) is 6.42. The lowest BCUT2D eigenvalue weighted by atomic mass is 10.2.